The van der Waals surface area contributed by atoms with Gasteiger partial charge in [0, 0.05) is 5.75 Å². The Balaban J connectivity index is 2.72. The van der Waals surface area contributed by atoms with Crippen molar-refractivity contribution >= 4 is 17.2 Å². The third kappa shape index (κ3) is 2.02. The Bertz CT molecular complexity index is 179. The Labute approximate surface area is 59.5 Å². The van der Waals surface area contributed by atoms with Gasteiger partial charge in [-0.2, -0.15) is 0 Å². The van der Waals surface area contributed by atoms with Crippen LogP contribution in [0, 0.1) is 0 Å². The summed E-state index contributed by atoms with van der Waals surface area (Å²) in [6, 6.07) is 10.4. The highest BCUT2D eigenvalue weighted by atomic mass is 32.1. The summed E-state index contributed by atoms with van der Waals surface area (Å²) in [6.07, 6.45) is 0. The van der Waals surface area contributed by atoms with E-state index in [1.165, 1.54) is 16.9 Å². The van der Waals surface area contributed by atoms with Gasteiger partial charge >= 0.3 is 0 Å². The molecule has 48 valence electrons. The van der Waals surface area contributed by atoms with E-state index in [2.05, 4.69) is 30.1 Å². The SMILES string of the molecule is C=[SH]Cc1ccccc1. The molecule has 9 heavy (non-hydrogen) atoms. The van der Waals surface area contributed by atoms with Gasteiger partial charge in [-0.1, -0.05) is 36.2 Å². The number of thiol groups is 1. The van der Waals surface area contributed by atoms with E-state index in [9.17, 15) is 0 Å². The number of benzene rings is 1. The molecule has 0 atom stereocenters. The number of hydrogen-bond donors (Lipinski definition) is 1. The van der Waals surface area contributed by atoms with Crippen molar-refractivity contribution in [2.45, 2.75) is 5.75 Å². The van der Waals surface area contributed by atoms with Crippen molar-refractivity contribution in [2.24, 2.45) is 0 Å². The topological polar surface area (TPSA) is 0 Å². The molecule has 0 fully saturated rings. The second-order valence-corrected chi connectivity index (χ2v) is 2.63. The highest BCUT2D eigenvalue weighted by Crippen LogP contribution is 2.02. The smallest absolute Gasteiger partial charge is 0.0101 e. The van der Waals surface area contributed by atoms with E-state index in [4.69, 9.17) is 0 Å². The van der Waals surface area contributed by atoms with Crippen molar-refractivity contribution < 1.29 is 0 Å². The van der Waals surface area contributed by atoms with Gasteiger partial charge in [-0.15, -0.1) is 0 Å². The van der Waals surface area contributed by atoms with E-state index in [0.717, 1.165) is 5.75 Å². The molecule has 1 rings (SSSR count). The minimum absolute atomic E-state index is 1.07. The molecule has 0 unspecified atom stereocenters. The van der Waals surface area contributed by atoms with Crippen LogP contribution < -0.4 is 0 Å². The van der Waals surface area contributed by atoms with E-state index < -0.39 is 0 Å². The summed E-state index contributed by atoms with van der Waals surface area (Å²) < 4.78 is 0. The Kier molecular flexibility index (Phi) is 2.52. The van der Waals surface area contributed by atoms with Crippen molar-refractivity contribution in [3.8, 4) is 0 Å². The lowest BCUT2D eigenvalue weighted by Gasteiger charge is -1.91. The molecule has 0 saturated heterocycles. The van der Waals surface area contributed by atoms with Crippen LogP contribution in [0.1, 0.15) is 5.56 Å². The predicted octanol–water partition coefficient (Wildman–Crippen LogP) is 2.08. The maximum Gasteiger partial charge on any atom is 0.0101 e. The summed E-state index contributed by atoms with van der Waals surface area (Å²) in [5.41, 5.74) is 1.37. The molecule has 0 amide bonds. The van der Waals surface area contributed by atoms with Gasteiger partial charge in [0.1, 0.15) is 0 Å². The van der Waals surface area contributed by atoms with E-state index >= 15 is 0 Å². The van der Waals surface area contributed by atoms with Crippen molar-refractivity contribution in [1.29, 1.82) is 0 Å². The molecule has 0 heterocycles. The Hall–Kier alpha value is -0.560. The standard InChI is InChI=1S/C8H10S/c1-9-7-8-5-3-2-4-6-8/h2-6,9H,1,7H2. The first-order chi connectivity index (χ1) is 4.43. The van der Waals surface area contributed by atoms with E-state index in [1.807, 2.05) is 6.07 Å². The maximum atomic E-state index is 3.75. The maximum absolute atomic E-state index is 3.75. The summed E-state index contributed by atoms with van der Waals surface area (Å²) in [5.74, 6) is 4.82. The van der Waals surface area contributed by atoms with Gasteiger partial charge in [0.05, 0.1) is 0 Å². The third-order valence-corrected chi connectivity index (χ3v) is 1.73. The molecule has 0 N–H and O–H groups in total. The minimum Gasteiger partial charge on any atom is -0.203 e. The van der Waals surface area contributed by atoms with Crippen LogP contribution in [0.3, 0.4) is 0 Å². The van der Waals surface area contributed by atoms with Crippen LogP contribution in [-0.4, -0.2) is 5.87 Å². The lowest BCUT2D eigenvalue weighted by Crippen LogP contribution is -1.72. The van der Waals surface area contributed by atoms with Crippen molar-refractivity contribution in [1.82, 2.24) is 0 Å². The van der Waals surface area contributed by atoms with Gasteiger partial charge in [-0.25, -0.2) is 11.4 Å². The molecule has 1 aromatic rings. The van der Waals surface area contributed by atoms with Gasteiger partial charge in [0.15, 0.2) is 0 Å². The van der Waals surface area contributed by atoms with E-state index in [-0.39, 0.29) is 0 Å². The first-order valence-corrected chi connectivity index (χ1v) is 4.16. The summed E-state index contributed by atoms with van der Waals surface area (Å²) >= 11 is 1.19. The van der Waals surface area contributed by atoms with Crippen molar-refractivity contribution in [2.75, 3.05) is 0 Å². The molecular weight excluding hydrogens is 128 g/mol. The Morgan fingerprint density at radius 1 is 1.22 bits per heavy atom. The first-order valence-electron chi connectivity index (χ1n) is 2.90. The number of rotatable bonds is 2. The largest absolute Gasteiger partial charge is 0.203 e. The van der Waals surface area contributed by atoms with Gasteiger partial charge in [-0.3, -0.25) is 0 Å². The second-order valence-electron chi connectivity index (χ2n) is 1.87. The molecule has 0 saturated carbocycles. The van der Waals surface area contributed by atoms with Gasteiger partial charge in [0.25, 0.3) is 0 Å². The molecule has 0 bridgehead atoms. The molecular formula is C8H10S. The fourth-order valence-corrected chi connectivity index (χ4v) is 1.18. The zero-order chi connectivity index (χ0) is 6.53. The van der Waals surface area contributed by atoms with Crippen LogP contribution >= 0.6 is 11.4 Å². The second kappa shape index (κ2) is 3.46. The van der Waals surface area contributed by atoms with E-state index in [1.54, 1.807) is 0 Å². The summed E-state index contributed by atoms with van der Waals surface area (Å²) in [5, 5.41) is 0. The lowest BCUT2D eigenvalue weighted by molar-refractivity contribution is 1.43. The van der Waals surface area contributed by atoms with Gasteiger partial charge < -0.3 is 0 Å². The molecule has 1 aromatic carbocycles. The van der Waals surface area contributed by atoms with Gasteiger partial charge in [0.2, 0.25) is 0 Å². The van der Waals surface area contributed by atoms with E-state index in [0.29, 0.717) is 0 Å². The summed E-state index contributed by atoms with van der Waals surface area (Å²) in [7, 11) is 0. The Morgan fingerprint density at radius 2 is 1.89 bits per heavy atom. The van der Waals surface area contributed by atoms with Crippen molar-refractivity contribution in [3.63, 3.8) is 0 Å². The zero-order valence-electron chi connectivity index (χ0n) is 5.25. The zero-order valence-corrected chi connectivity index (χ0v) is 6.14. The average Bonchev–Trinajstić information content (AvgIpc) is 1.91. The quantitative estimate of drug-likeness (QED) is 0.469. The van der Waals surface area contributed by atoms with Gasteiger partial charge in [-0.05, 0) is 5.56 Å². The van der Waals surface area contributed by atoms with Crippen LogP contribution in [0.25, 0.3) is 0 Å². The van der Waals surface area contributed by atoms with Crippen LogP contribution in [0.2, 0.25) is 0 Å². The minimum atomic E-state index is 1.07. The highest BCUT2D eigenvalue weighted by molar-refractivity contribution is 7.95. The predicted molar refractivity (Wildman–Crippen MR) is 46.3 cm³/mol. The average molecular weight is 138 g/mol. The monoisotopic (exact) mass is 138 g/mol. The molecule has 0 radical (unpaired) electrons. The van der Waals surface area contributed by atoms with Crippen LogP contribution in [0.15, 0.2) is 30.3 Å². The van der Waals surface area contributed by atoms with Crippen LogP contribution in [-0.2, 0) is 5.75 Å². The normalized spacial score (nSPS) is 9.33. The van der Waals surface area contributed by atoms with Crippen LogP contribution in [0.4, 0.5) is 0 Å². The molecule has 0 aliphatic carbocycles. The summed E-state index contributed by atoms with van der Waals surface area (Å²) in [4.78, 5) is 0. The van der Waals surface area contributed by atoms with Crippen molar-refractivity contribution in [3.05, 3.63) is 35.9 Å². The first kappa shape index (κ1) is 6.56. The molecule has 1 heteroatoms. The lowest BCUT2D eigenvalue weighted by atomic mass is 10.2. The molecule has 0 aliphatic rings. The fraction of sp³-hybridized carbons (Fsp3) is 0.125. The third-order valence-electron chi connectivity index (χ3n) is 1.14. The molecule has 0 spiro atoms. The molecule has 0 aromatic heterocycles. The Morgan fingerprint density at radius 3 is 2.44 bits per heavy atom. The highest BCUT2D eigenvalue weighted by Gasteiger charge is 1.81. The molecule has 0 nitrogen and oxygen atoms in total. The fourth-order valence-electron chi connectivity index (χ4n) is 0.713. The van der Waals surface area contributed by atoms with Crippen LogP contribution in [0.5, 0.6) is 0 Å². The molecule has 0 aliphatic heterocycles. The number of hydrogen-bond acceptors (Lipinski definition) is 0. The summed E-state index contributed by atoms with van der Waals surface area (Å²) in [6.45, 7) is 0.